The van der Waals surface area contributed by atoms with Crippen molar-refractivity contribution in [3.8, 4) is 0 Å². The maximum absolute atomic E-state index is 12.3. The summed E-state index contributed by atoms with van der Waals surface area (Å²) in [6, 6.07) is 24.7. The molecule has 3 aromatic carbocycles. The van der Waals surface area contributed by atoms with Crippen molar-refractivity contribution in [2.24, 2.45) is 0 Å². The molecule has 0 atom stereocenters. The molecule has 7 heteroatoms. The van der Waals surface area contributed by atoms with Gasteiger partial charge in [-0.2, -0.15) is 0 Å². The lowest BCUT2D eigenvalue weighted by molar-refractivity contribution is 0.140. The molecule has 0 saturated carbocycles. The summed E-state index contributed by atoms with van der Waals surface area (Å²) in [6.07, 6.45) is 0.132. The normalized spacial score (nSPS) is 10.9. The number of benzene rings is 3. The van der Waals surface area contributed by atoms with E-state index in [2.05, 4.69) is 10.0 Å². The summed E-state index contributed by atoms with van der Waals surface area (Å²) < 4.78 is 32.4. The lowest BCUT2D eigenvalue weighted by Gasteiger charge is -2.09. The van der Waals surface area contributed by atoms with Crippen LogP contribution in [0.2, 0.25) is 0 Å². The Kier molecular flexibility index (Phi) is 6.86. The summed E-state index contributed by atoms with van der Waals surface area (Å²) >= 11 is 0. The van der Waals surface area contributed by atoms with Crippen LogP contribution in [0.5, 0.6) is 0 Å². The van der Waals surface area contributed by atoms with Gasteiger partial charge in [-0.3, -0.25) is 4.72 Å². The minimum atomic E-state index is -3.61. The van der Waals surface area contributed by atoms with Gasteiger partial charge in [0.2, 0.25) is 0 Å². The number of alkyl carbamates (subject to hydrolysis) is 1. The lowest BCUT2D eigenvalue weighted by atomic mass is 10.1. The fourth-order valence-corrected chi connectivity index (χ4v) is 3.72. The summed E-state index contributed by atoms with van der Waals surface area (Å²) in [5.74, 6) is 0. The first-order valence-corrected chi connectivity index (χ1v) is 10.6. The zero-order valence-corrected chi connectivity index (χ0v) is 16.6. The van der Waals surface area contributed by atoms with Crippen LogP contribution in [-0.2, 0) is 27.8 Å². The number of amides is 1. The third-order valence-electron chi connectivity index (χ3n) is 4.16. The van der Waals surface area contributed by atoms with Crippen molar-refractivity contribution in [3.63, 3.8) is 0 Å². The molecule has 6 nitrogen and oxygen atoms in total. The topological polar surface area (TPSA) is 84.5 Å². The second kappa shape index (κ2) is 9.75. The molecule has 3 aromatic rings. The highest BCUT2D eigenvalue weighted by Crippen LogP contribution is 2.16. The highest BCUT2D eigenvalue weighted by molar-refractivity contribution is 7.92. The molecule has 29 heavy (non-hydrogen) atoms. The first kappa shape index (κ1) is 20.4. The Bertz CT molecular complexity index is 1020. The zero-order valence-electron chi connectivity index (χ0n) is 15.7. The van der Waals surface area contributed by atoms with Crippen molar-refractivity contribution in [1.29, 1.82) is 0 Å². The second-order valence-electron chi connectivity index (χ2n) is 6.35. The number of nitrogens with one attached hydrogen (secondary N) is 2. The maximum atomic E-state index is 12.3. The van der Waals surface area contributed by atoms with Crippen molar-refractivity contribution in [1.82, 2.24) is 5.32 Å². The van der Waals surface area contributed by atoms with Crippen LogP contribution in [-0.4, -0.2) is 21.1 Å². The molecule has 0 aliphatic carbocycles. The molecule has 0 spiro atoms. The molecule has 0 aromatic heterocycles. The summed E-state index contributed by atoms with van der Waals surface area (Å²) in [7, 11) is -3.61. The summed E-state index contributed by atoms with van der Waals surface area (Å²) in [5, 5.41) is 2.70. The van der Waals surface area contributed by atoms with Crippen molar-refractivity contribution in [2.75, 3.05) is 11.3 Å². The second-order valence-corrected chi connectivity index (χ2v) is 8.04. The molecular formula is C22H22N2O4S. The SMILES string of the molecule is O=C(NCCc1ccc(NS(=O)(=O)c2ccccc2)cc1)OCc1ccccc1. The van der Waals surface area contributed by atoms with E-state index in [1.807, 2.05) is 42.5 Å². The van der Waals surface area contributed by atoms with Crippen LogP contribution in [0.4, 0.5) is 10.5 Å². The van der Waals surface area contributed by atoms with Gasteiger partial charge >= 0.3 is 6.09 Å². The minimum absolute atomic E-state index is 0.210. The number of carbonyl (C=O) groups excluding carboxylic acids is 1. The Hall–Kier alpha value is -3.32. The van der Waals surface area contributed by atoms with Crippen LogP contribution in [0.1, 0.15) is 11.1 Å². The van der Waals surface area contributed by atoms with Crippen LogP contribution in [0.25, 0.3) is 0 Å². The van der Waals surface area contributed by atoms with Gasteiger partial charge in [-0.1, -0.05) is 60.7 Å². The number of rotatable bonds is 8. The zero-order chi connectivity index (χ0) is 20.5. The number of carbonyl (C=O) groups is 1. The van der Waals surface area contributed by atoms with E-state index in [1.165, 1.54) is 0 Å². The molecule has 0 aliphatic rings. The average molecular weight is 410 g/mol. The Labute approximate surface area is 170 Å². The van der Waals surface area contributed by atoms with Gasteiger partial charge < -0.3 is 10.1 Å². The first-order chi connectivity index (χ1) is 14.0. The minimum Gasteiger partial charge on any atom is -0.445 e. The van der Waals surface area contributed by atoms with Gasteiger partial charge in [-0.25, -0.2) is 13.2 Å². The molecule has 3 rings (SSSR count). The van der Waals surface area contributed by atoms with E-state index in [4.69, 9.17) is 4.74 Å². The highest BCUT2D eigenvalue weighted by atomic mass is 32.2. The van der Waals surface area contributed by atoms with Gasteiger partial charge in [0.15, 0.2) is 0 Å². The quantitative estimate of drug-likeness (QED) is 0.589. The standard InChI is InChI=1S/C22H22N2O4S/c25-22(28-17-19-7-3-1-4-8-19)23-16-15-18-11-13-20(14-12-18)24-29(26,27)21-9-5-2-6-10-21/h1-14,24H,15-17H2,(H,23,25). The van der Waals surface area contributed by atoms with Crippen LogP contribution in [0.15, 0.2) is 89.8 Å². The number of anilines is 1. The van der Waals surface area contributed by atoms with Crippen molar-refractivity contribution >= 4 is 21.8 Å². The fraction of sp³-hybridized carbons (Fsp3) is 0.136. The number of hydrogen-bond donors (Lipinski definition) is 2. The fourth-order valence-electron chi connectivity index (χ4n) is 2.64. The Morgan fingerprint density at radius 1 is 0.793 bits per heavy atom. The van der Waals surface area contributed by atoms with Gasteiger partial charge in [-0.05, 0) is 41.8 Å². The first-order valence-electron chi connectivity index (χ1n) is 9.14. The molecule has 0 unspecified atom stereocenters. The molecule has 0 saturated heterocycles. The van der Waals surface area contributed by atoms with Crippen LogP contribution < -0.4 is 10.0 Å². The molecule has 150 valence electrons. The summed E-state index contributed by atoms with van der Waals surface area (Å²) in [6.45, 7) is 0.644. The van der Waals surface area contributed by atoms with Crippen LogP contribution >= 0.6 is 0 Å². The van der Waals surface area contributed by atoms with Crippen LogP contribution in [0, 0.1) is 0 Å². The lowest BCUT2D eigenvalue weighted by Crippen LogP contribution is -2.26. The molecule has 1 amide bonds. The van der Waals surface area contributed by atoms with Gasteiger partial charge in [-0.15, -0.1) is 0 Å². The van der Waals surface area contributed by atoms with Gasteiger partial charge in [0.1, 0.15) is 6.61 Å². The third-order valence-corrected chi connectivity index (χ3v) is 5.55. The van der Waals surface area contributed by atoms with E-state index in [-0.39, 0.29) is 11.5 Å². The van der Waals surface area contributed by atoms with Crippen molar-refractivity contribution in [2.45, 2.75) is 17.9 Å². The van der Waals surface area contributed by atoms with E-state index in [1.54, 1.807) is 42.5 Å². The Balaban J connectivity index is 1.44. The van der Waals surface area contributed by atoms with E-state index < -0.39 is 16.1 Å². The maximum Gasteiger partial charge on any atom is 0.407 e. The van der Waals surface area contributed by atoms with E-state index in [0.717, 1.165) is 11.1 Å². The molecule has 0 bridgehead atoms. The monoisotopic (exact) mass is 410 g/mol. The summed E-state index contributed by atoms with van der Waals surface area (Å²) in [4.78, 5) is 12.0. The number of hydrogen-bond acceptors (Lipinski definition) is 4. The Morgan fingerprint density at radius 2 is 1.41 bits per heavy atom. The molecule has 2 N–H and O–H groups in total. The largest absolute Gasteiger partial charge is 0.445 e. The van der Waals surface area contributed by atoms with Crippen molar-refractivity contribution < 1.29 is 17.9 Å². The molecule has 0 radical (unpaired) electrons. The predicted octanol–water partition coefficient (Wildman–Crippen LogP) is 3.96. The smallest absolute Gasteiger partial charge is 0.407 e. The van der Waals surface area contributed by atoms with E-state index in [0.29, 0.717) is 18.7 Å². The van der Waals surface area contributed by atoms with E-state index >= 15 is 0 Å². The van der Waals surface area contributed by atoms with Crippen LogP contribution in [0.3, 0.4) is 0 Å². The molecule has 0 aliphatic heterocycles. The number of ether oxygens (including phenoxy) is 1. The average Bonchev–Trinajstić information content (AvgIpc) is 2.75. The molecule has 0 fully saturated rings. The highest BCUT2D eigenvalue weighted by Gasteiger charge is 2.13. The third kappa shape index (κ3) is 6.36. The molecule has 0 heterocycles. The molecular weight excluding hydrogens is 388 g/mol. The van der Waals surface area contributed by atoms with Gasteiger partial charge in [0.05, 0.1) is 4.90 Å². The van der Waals surface area contributed by atoms with E-state index in [9.17, 15) is 13.2 Å². The summed E-state index contributed by atoms with van der Waals surface area (Å²) in [5.41, 5.74) is 2.38. The van der Waals surface area contributed by atoms with Gasteiger partial charge in [0, 0.05) is 12.2 Å². The van der Waals surface area contributed by atoms with Gasteiger partial charge in [0.25, 0.3) is 10.0 Å². The van der Waals surface area contributed by atoms with Crippen molar-refractivity contribution in [3.05, 3.63) is 96.1 Å². The Morgan fingerprint density at radius 3 is 2.07 bits per heavy atom. The number of sulfonamides is 1. The predicted molar refractivity (Wildman–Crippen MR) is 112 cm³/mol.